The van der Waals surface area contributed by atoms with E-state index in [0.717, 1.165) is 24.4 Å². The third kappa shape index (κ3) is 4.90. The van der Waals surface area contributed by atoms with E-state index in [-0.39, 0.29) is 11.8 Å². The van der Waals surface area contributed by atoms with Crippen molar-refractivity contribution in [3.8, 4) is 22.3 Å². The van der Waals surface area contributed by atoms with Crippen LogP contribution in [0.5, 0.6) is 0 Å². The third-order valence-electron chi connectivity index (χ3n) is 11.7. The van der Waals surface area contributed by atoms with Gasteiger partial charge in [-0.3, -0.25) is 4.57 Å². The van der Waals surface area contributed by atoms with E-state index in [1.54, 1.807) is 0 Å². The highest BCUT2D eigenvalue weighted by Crippen LogP contribution is 2.48. The number of para-hydroxylation sites is 1. The van der Waals surface area contributed by atoms with Gasteiger partial charge in [-0.25, -0.2) is 4.99 Å². The second-order valence-electron chi connectivity index (χ2n) is 14.7. The van der Waals surface area contributed by atoms with Gasteiger partial charge < -0.3 is 0 Å². The van der Waals surface area contributed by atoms with Crippen molar-refractivity contribution in [3.63, 3.8) is 0 Å². The number of benzene rings is 8. The van der Waals surface area contributed by atoms with Gasteiger partial charge in [0.1, 0.15) is 5.84 Å². The predicted molar refractivity (Wildman–Crippen MR) is 222 cm³/mol. The van der Waals surface area contributed by atoms with Gasteiger partial charge in [-0.15, -0.1) is 0 Å². The SMILES string of the molecule is c1ccc(-c2ccc3c(c2)c2cc4c(cc2n3C2=Nc3ccccc3CC2c2ccccc2)CC(c2ccccc2)c2cc3ccccc3cc2-4)cc1. The summed E-state index contributed by atoms with van der Waals surface area (Å²) in [6.45, 7) is 0. The molecule has 0 saturated heterocycles. The van der Waals surface area contributed by atoms with Crippen molar-refractivity contribution < 1.29 is 0 Å². The topological polar surface area (TPSA) is 17.3 Å². The van der Waals surface area contributed by atoms with Crippen LogP contribution in [0.3, 0.4) is 0 Å². The van der Waals surface area contributed by atoms with E-state index in [1.807, 2.05) is 0 Å². The highest BCUT2D eigenvalue weighted by atomic mass is 15.1. The summed E-state index contributed by atoms with van der Waals surface area (Å²) in [7, 11) is 0. The molecule has 2 atom stereocenters. The van der Waals surface area contributed by atoms with E-state index in [9.17, 15) is 0 Å². The van der Waals surface area contributed by atoms with Gasteiger partial charge in [0.15, 0.2) is 0 Å². The zero-order valence-corrected chi connectivity index (χ0v) is 29.3. The first-order chi connectivity index (χ1) is 26.3. The molecule has 2 unspecified atom stereocenters. The van der Waals surface area contributed by atoms with Gasteiger partial charge in [0.2, 0.25) is 0 Å². The molecule has 1 aliphatic heterocycles. The lowest BCUT2D eigenvalue weighted by Gasteiger charge is -2.30. The molecule has 2 nitrogen and oxygen atoms in total. The minimum atomic E-state index is 0.110. The Morgan fingerprint density at radius 1 is 0.434 bits per heavy atom. The summed E-state index contributed by atoms with van der Waals surface area (Å²) in [5.41, 5.74) is 15.3. The van der Waals surface area contributed by atoms with Crippen LogP contribution in [-0.4, -0.2) is 10.4 Å². The summed E-state index contributed by atoms with van der Waals surface area (Å²) in [4.78, 5) is 5.55. The summed E-state index contributed by atoms with van der Waals surface area (Å²) in [5, 5.41) is 5.09. The molecule has 2 aliphatic rings. The third-order valence-corrected chi connectivity index (χ3v) is 11.7. The van der Waals surface area contributed by atoms with Gasteiger partial charge in [0.05, 0.1) is 16.7 Å². The van der Waals surface area contributed by atoms with Crippen LogP contribution >= 0.6 is 0 Å². The van der Waals surface area contributed by atoms with Gasteiger partial charge >= 0.3 is 0 Å². The molecule has 53 heavy (non-hydrogen) atoms. The number of rotatable bonds is 3. The minimum Gasteiger partial charge on any atom is -0.297 e. The monoisotopic (exact) mass is 676 g/mol. The lowest BCUT2D eigenvalue weighted by atomic mass is 9.74. The Hall–Kier alpha value is -6.51. The van der Waals surface area contributed by atoms with E-state index < -0.39 is 0 Å². The van der Waals surface area contributed by atoms with Crippen LogP contribution in [0, 0.1) is 0 Å². The van der Waals surface area contributed by atoms with Crippen LogP contribution in [0.4, 0.5) is 5.69 Å². The molecule has 0 fully saturated rings. The average Bonchev–Trinajstić information content (AvgIpc) is 3.54. The average molecular weight is 677 g/mol. The smallest absolute Gasteiger partial charge is 0.122 e. The Balaban J connectivity index is 1.22. The van der Waals surface area contributed by atoms with Crippen LogP contribution < -0.4 is 0 Å². The Bertz CT molecular complexity index is 2880. The Morgan fingerprint density at radius 3 is 1.83 bits per heavy atom. The Labute approximate surface area is 309 Å². The van der Waals surface area contributed by atoms with E-state index in [0.29, 0.717) is 0 Å². The molecule has 11 rings (SSSR count). The fourth-order valence-electron chi connectivity index (χ4n) is 9.14. The Kier molecular flexibility index (Phi) is 6.85. The van der Waals surface area contributed by atoms with Gasteiger partial charge in [0.25, 0.3) is 0 Å². The summed E-state index contributed by atoms with van der Waals surface area (Å²) >= 11 is 0. The molecule has 0 amide bonds. The lowest BCUT2D eigenvalue weighted by Crippen LogP contribution is -2.25. The molecule has 250 valence electrons. The molecule has 1 aliphatic carbocycles. The number of fused-ring (bicyclic) bond motifs is 8. The molecule has 0 bridgehead atoms. The molecule has 0 radical (unpaired) electrons. The van der Waals surface area contributed by atoms with Gasteiger partial charge in [0, 0.05) is 22.6 Å². The second kappa shape index (κ2) is 12.0. The van der Waals surface area contributed by atoms with Crippen LogP contribution in [0.25, 0.3) is 54.8 Å². The van der Waals surface area contributed by atoms with Crippen molar-refractivity contribution in [2.75, 3.05) is 0 Å². The zero-order chi connectivity index (χ0) is 34.9. The molecule has 9 aromatic rings. The summed E-state index contributed by atoms with van der Waals surface area (Å²) in [5.74, 6) is 1.46. The van der Waals surface area contributed by atoms with Crippen molar-refractivity contribution in [2.24, 2.45) is 4.99 Å². The molecule has 8 aromatic carbocycles. The summed E-state index contributed by atoms with van der Waals surface area (Å²) in [6.07, 6.45) is 1.85. The molecular weight excluding hydrogens is 641 g/mol. The maximum atomic E-state index is 5.55. The second-order valence-corrected chi connectivity index (χ2v) is 14.7. The first-order valence-electron chi connectivity index (χ1n) is 18.7. The van der Waals surface area contributed by atoms with Crippen molar-refractivity contribution in [3.05, 3.63) is 210 Å². The molecule has 1 aromatic heterocycles. The first kappa shape index (κ1) is 30.1. The standard InChI is InChI=1S/C51H36N2/c1-4-14-33(15-5-1)38-24-25-49-46(28-38)47-32-42-40(30-41(34-16-6-2-7-17-34)44-26-36-20-10-11-21-37(36)27-45(42)44)31-50(47)53(49)51-43(35-18-8-3-9-19-35)29-39-22-12-13-23-48(39)52-51/h1-28,31-32,41,43H,29-30H2. The van der Waals surface area contributed by atoms with E-state index >= 15 is 0 Å². The highest BCUT2D eigenvalue weighted by molar-refractivity contribution is 6.18. The quantitative estimate of drug-likeness (QED) is 0.177. The van der Waals surface area contributed by atoms with Crippen LogP contribution in [0.1, 0.15) is 39.7 Å². The zero-order valence-electron chi connectivity index (χ0n) is 29.3. The summed E-state index contributed by atoms with van der Waals surface area (Å²) in [6, 6.07) is 67.2. The van der Waals surface area contributed by atoms with E-state index in [1.165, 1.54) is 82.6 Å². The van der Waals surface area contributed by atoms with Crippen molar-refractivity contribution in [2.45, 2.75) is 24.7 Å². The van der Waals surface area contributed by atoms with Crippen molar-refractivity contribution in [1.82, 2.24) is 4.57 Å². The summed E-state index contributed by atoms with van der Waals surface area (Å²) < 4.78 is 2.50. The molecule has 0 N–H and O–H groups in total. The molecule has 0 saturated carbocycles. The maximum absolute atomic E-state index is 5.55. The fraction of sp³-hybridized carbons (Fsp3) is 0.0784. The molecule has 2 heteroatoms. The fourth-order valence-corrected chi connectivity index (χ4v) is 9.14. The van der Waals surface area contributed by atoms with Crippen molar-refractivity contribution in [1.29, 1.82) is 0 Å². The van der Waals surface area contributed by atoms with Crippen molar-refractivity contribution >= 4 is 44.1 Å². The highest BCUT2D eigenvalue weighted by Gasteiger charge is 2.31. The largest absolute Gasteiger partial charge is 0.297 e. The molecule has 0 spiro atoms. The van der Waals surface area contributed by atoms with E-state index in [4.69, 9.17) is 4.99 Å². The predicted octanol–water partition coefficient (Wildman–Crippen LogP) is 12.9. The normalized spacial score (nSPS) is 16.3. The number of nitrogens with zero attached hydrogens (tertiary/aromatic N) is 2. The maximum Gasteiger partial charge on any atom is 0.122 e. The van der Waals surface area contributed by atoms with Crippen LogP contribution in [0.2, 0.25) is 0 Å². The minimum absolute atomic E-state index is 0.110. The Morgan fingerprint density at radius 2 is 1.06 bits per heavy atom. The lowest BCUT2D eigenvalue weighted by molar-refractivity contribution is 0.795. The molecular formula is C51H36N2. The number of aliphatic imine (C=N–C) groups is 1. The number of hydrogen-bond donors (Lipinski definition) is 0. The van der Waals surface area contributed by atoms with Gasteiger partial charge in [-0.05, 0) is 116 Å². The first-order valence-corrected chi connectivity index (χ1v) is 18.7. The number of aromatic nitrogens is 1. The van der Waals surface area contributed by atoms with Gasteiger partial charge in [-0.2, -0.15) is 0 Å². The van der Waals surface area contributed by atoms with Crippen LogP contribution in [-0.2, 0) is 12.8 Å². The van der Waals surface area contributed by atoms with E-state index in [2.05, 4.69) is 187 Å². The molecule has 2 heterocycles. The van der Waals surface area contributed by atoms with Crippen LogP contribution in [0.15, 0.2) is 187 Å². The number of hydrogen-bond acceptors (Lipinski definition) is 1. The van der Waals surface area contributed by atoms with Gasteiger partial charge in [-0.1, -0.05) is 140 Å².